The molecule has 148 valence electrons. The van der Waals surface area contributed by atoms with Gasteiger partial charge in [-0.05, 0) is 43.7 Å². The molecule has 8 nitrogen and oxygen atoms in total. The summed E-state index contributed by atoms with van der Waals surface area (Å²) >= 11 is 0. The van der Waals surface area contributed by atoms with Gasteiger partial charge in [-0.25, -0.2) is 9.37 Å². The van der Waals surface area contributed by atoms with Crippen LogP contribution in [0, 0.1) is 19.7 Å². The van der Waals surface area contributed by atoms with Crippen LogP contribution in [0.5, 0.6) is 5.75 Å². The third-order valence-electron chi connectivity index (χ3n) is 4.60. The molecule has 29 heavy (non-hydrogen) atoms. The first-order chi connectivity index (χ1) is 14.0. The van der Waals surface area contributed by atoms with Gasteiger partial charge in [-0.2, -0.15) is 20.1 Å². The van der Waals surface area contributed by atoms with Crippen LogP contribution in [0.15, 0.2) is 42.9 Å². The Morgan fingerprint density at radius 1 is 1.17 bits per heavy atom. The molecular weight excluding hydrogens is 373 g/mol. The molecule has 0 amide bonds. The number of aromatic nitrogens is 6. The Morgan fingerprint density at radius 2 is 1.97 bits per heavy atom. The number of aryl methyl sites for hydroxylation is 2. The molecule has 0 radical (unpaired) electrons. The van der Waals surface area contributed by atoms with Crippen molar-refractivity contribution in [3.8, 4) is 22.6 Å². The second-order valence-corrected chi connectivity index (χ2v) is 6.61. The number of aromatic amines is 1. The van der Waals surface area contributed by atoms with E-state index < -0.39 is 0 Å². The third kappa shape index (κ3) is 3.79. The molecule has 1 aromatic carbocycles. The standard InChI is InChI=1S/C20H20FN7O/c1-12-19(13(2)27-26-12)15-10-18(20(22)23-11-15)29-8-5-14-9-16(21)3-4-17(14)28-24-6-7-25-28/h3-4,6-7,9-11H,5,8H2,1-2H3,(H2,22,23)(H,26,27). The molecule has 0 spiro atoms. The molecule has 0 aliphatic rings. The summed E-state index contributed by atoms with van der Waals surface area (Å²) < 4.78 is 19.6. The van der Waals surface area contributed by atoms with Gasteiger partial charge in [0.2, 0.25) is 0 Å². The maximum atomic E-state index is 13.8. The second-order valence-electron chi connectivity index (χ2n) is 6.61. The summed E-state index contributed by atoms with van der Waals surface area (Å²) in [7, 11) is 0. The van der Waals surface area contributed by atoms with Crippen molar-refractivity contribution < 1.29 is 9.13 Å². The fourth-order valence-electron chi connectivity index (χ4n) is 3.24. The Balaban J connectivity index is 1.54. The number of anilines is 1. The molecule has 0 saturated carbocycles. The summed E-state index contributed by atoms with van der Waals surface area (Å²) in [6.45, 7) is 4.15. The molecule has 0 unspecified atom stereocenters. The maximum absolute atomic E-state index is 13.8. The molecule has 0 aliphatic carbocycles. The van der Waals surface area contributed by atoms with Gasteiger partial charge in [-0.3, -0.25) is 5.10 Å². The topological polar surface area (TPSA) is 108 Å². The summed E-state index contributed by atoms with van der Waals surface area (Å²) in [6, 6.07) is 6.32. The maximum Gasteiger partial charge on any atom is 0.166 e. The van der Waals surface area contributed by atoms with E-state index in [2.05, 4.69) is 25.4 Å². The van der Waals surface area contributed by atoms with Crippen LogP contribution in [0.3, 0.4) is 0 Å². The Kier molecular flexibility index (Phi) is 4.94. The molecule has 4 aromatic rings. The van der Waals surface area contributed by atoms with Gasteiger partial charge in [0, 0.05) is 29.4 Å². The number of nitrogen functional groups attached to an aromatic ring is 1. The lowest BCUT2D eigenvalue weighted by atomic mass is 10.1. The van der Waals surface area contributed by atoms with Crippen LogP contribution in [0.4, 0.5) is 10.2 Å². The van der Waals surface area contributed by atoms with Gasteiger partial charge in [0.25, 0.3) is 0 Å². The third-order valence-corrected chi connectivity index (χ3v) is 4.60. The van der Waals surface area contributed by atoms with Gasteiger partial charge < -0.3 is 10.5 Å². The van der Waals surface area contributed by atoms with Crippen LogP contribution < -0.4 is 10.5 Å². The number of hydrogen-bond donors (Lipinski definition) is 2. The van der Waals surface area contributed by atoms with E-state index in [-0.39, 0.29) is 12.4 Å². The molecular formula is C20H20FN7O. The largest absolute Gasteiger partial charge is 0.489 e. The highest BCUT2D eigenvalue weighted by atomic mass is 19.1. The van der Waals surface area contributed by atoms with E-state index in [0.717, 1.165) is 28.1 Å². The first kappa shape index (κ1) is 18.6. The fraction of sp³-hybridized carbons (Fsp3) is 0.200. The number of benzene rings is 1. The number of halogens is 1. The molecule has 0 aliphatic heterocycles. The van der Waals surface area contributed by atoms with Crippen molar-refractivity contribution in [1.82, 2.24) is 30.2 Å². The minimum Gasteiger partial charge on any atom is -0.489 e. The van der Waals surface area contributed by atoms with Gasteiger partial charge in [0.15, 0.2) is 11.6 Å². The van der Waals surface area contributed by atoms with Crippen molar-refractivity contribution in [2.45, 2.75) is 20.3 Å². The fourth-order valence-corrected chi connectivity index (χ4v) is 3.24. The van der Waals surface area contributed by atoms with Crippen molar-refractivity contribution in [3.63, 3.8) is 0 Å². The summed E-state index contributed by atoms with van der Waals surface area (Å²) in [5, 5.41) is 15.4. The van der Waals surface area contributed by atoms with E-state index in [9.17, 15) is 4.39 Å². The normalized spacial score (nSPS) is 11.0. The van der Waals surface area contributed by atoms with Crippen LogP contribution in [0.2, 0.25) is 0 Å². The number of hydrogen-bond acceptors (Lipinski definition) is 6. The monoisotopic (exact) mass is 393 g/mol. The lowest BCUT2D eigenvalue weighted by Crippen LogP contribution is -2.09. The molecule has 3 heterocycles. The Hall–Kier alpha value is -3.75. The van der Waals surface area contributed by atoms with Crippen LogP contribution >= 0.6 is 0 Å². The summed E-state index contributed by atoms with van der Waals surface area (Å²) in [6.07, 6.45) is 5.28. The van der Waals surface area contributed by atoms with Crippen molar-refractivity contribution in [3.05, 3.63) is 65.6 Å². The zero-order valence-corrected chi connectivity index (χ0v) is 16.1. The van der Waals surface area contributed by atoms with Gasteiger partial charge in [0.05, 0.1) is 30.4 Å². The predicted octanol–water partition coefficient (Wildman–Crippen LogP) is 3.01. The number of H-pyrrole nitrogens is 1. The van der Waals surface area contributed by atoms with Crippen LogP contribution in [-0.2, 0) is 6.42 Å². The zero-order valence-electron chi connectivity index (χ0n) is 16.1. The van der Waals surface area contributed by atoms with Gasteiger partial charge >= 0.3 is 0 Å². The highest BCUT2D eigenvalue weighted by Crippen LogP contribution is 2.30. The van der Waals surface area contributed by atoms with E-state index in [0.29, 0.717) is 23.7 Å². The molecule has 0 bridgehead atoms. The number of nitrogens with one attached hydrogen (secondary N) is 1. The molecule has 0 fully saturated rings. The van der Waals surface area contributed by atoms with E-state index in [4.69, 9.17) is 10.5 Å². The first-order valence-electron chi connectivity index (χ1n) is 9.08. The Bertz CT molecular complexity index is 1120. The minimum absolute atomic E-state index is 0.288. The van der Waals surface area contributed by atoms with Gasteiger partial charge in [0.1, 0.15) is 5.82 Å². The molecule has 3 aromatic heterocycles. The Labute approximate surface area is 166 Å². The molecule has 0 saturated heterocycles. The van der Waals surface area contributed by atoms with Gasteiger partial charge in [-0.1, -0.05) is 0 Å². The van der Waals surface area contributed by atoms with Crippen LogP contribution in [0.1, 0.15) is 17.0 Å². The summed E-state index contributed by atoms with van der Waals surface area (Å²) in [5.41, 5.74) is 11.1. The molecule has 9 heteroatoms. The number of ether oxygens (including phenoxy) is 1. The van der Waals surface area contributed by atoms with Crippen LogP contribution in [0.25, 0.3) is 16.8 Å². The average Bonchev–Trinajstić information content (AvgIpc) is 3.34. The van der Waals surface area contributed by atoms with E-state index >= 15 is 0 Å². The van der Waals surface area contributed by atoms with Crippen molar-refractivity contribution in [2.75, 3.05) is 12.3 Å². The van der Waals surface area contributed by atoms with Crippen LogP contribution in [-0.4, -0.2) is 36.8 Å². The highest BCUT2D eigenvalue weighted by molar-refractivity contribution is 5.70. The smallest absolute Gasteiger partial charge is 0.166 e. The quantitative estimate of drug-likeness (QED) is 0.521. The summed E-state index contributed by atoms with van der Waals surface area (Å²) in [4.78, 5) is 5.70. The number of nitrogens with two attached hydrogens (primary N) is 1. The number of rotatable bonds is 6. The highest BCUT2D eigenvalue weighted by Gasteiger charge is 2.13. The SMILES string of the molecule is Cc1n[nH]c(C)c1-c1cnc(N)c(OCCc2cc(F)ccc2-n2nccn2)c1. The van der Waals surface area contributed by atoms with Gasteiger partial charge in [-0.15, -0.1) is 0 Å². The zero-order chi connectivity index (χ0) is 20.4. The van der Waals surface area contributed by atoms with Crippen molar-refractivity contribution in [1.29, 1.82) is 0 Å². The lowest BCUT2D eigenvalue weighted by molar-refractivity contribution is 0.322. The predicted molar refractivity (Wildman–Crippen MR) is 106 cm³/mol. The van der Waals surface area contributed by atoms with E-state index in [1.54, 1.807) is 24.7 Å². The van der Waals surface area contributed by atoms with Crippen molar-refractivity contribution >= 4 is 5.82 Å². The summed E-state index contributed by atoms with van der Waals surface area (Å²) in [5.74, 6) is 0.434. The van der Waals surface area contributed by atoms with E-state index in [1.165, 1.54) is 16.9 Å². The lowest BCUT2D eigenvalue weighted by Gasteiger charge is -2.12. The first-order valence-corrected chi connectivity index (χ1v) is 9.08. The minimum atomic E-state index is -0.329. The number of pyridine rings is 1. The Morgan fingerprint density at radius 3 is 2.69 bits per heavy atom. The van der Waals surface area contributed by atoms with E-state index in [1.807, 2.05) is 19.9 Å². The molecule has 4 rings (SSSR count). The average molecular weight is 393 g/mol. The second kappa shape index (κ2) is 7.70. The van der Waals surface area contributed by atoms with Crippen molar-refractivity contribution in [2.24, 2.45) is 0 Å². The molecule has 0 atom stereocenters. The molecule has 3 N–H and O–H groups in total. The number of nitrogens with zero attached hydrogens (tertiary/aromatic N) is 5.